The zero-order valence-electron chi connectivity index (χ0n) is 13.4. The van der Waals surface area contributed by atoms with E-state index in [0.717, 1.165) is 25.1 Å². The lowest BCUT2D eigenvalue weighted by atomic mass is 10.2. The van der Waals surface area contributed by atoms with Gasteiger partial charge in [0, 0.05) is 12.1 Å². The highest BCUT2D eigenvalue weighted by Gasteiger charge is 2.24. The number of para-hydroxylation sites is 1. The number of aromatic hydroxyl groups is 1. The molecule has 0 heterocycles. The number of hydrogen-bond acceptors (Lipinski definition) is 7. The monoisotopic (exact) mass is 376 g/mol. The lowest BCUT2D eigenvalue weighted by Gasteiger charge is -2.10. The Labute approximate surface area is 152 Å². The quantitative estimate of drug-likeness (QED) is 0.343. The van der Waals surface area contributed by atoms with Gasteiger partial charge in [-0.3, -0.25) is 19.7 Å². The number of anilines is 1. The Morgan fingerprint density at radius 3 is 2.58 bits per heavy atom. The van der Waals surface area contributed by atoms with E-state index < -0.39 is 22.7 Å². The van der Waals surface area contributed by atoms with Crippen LogP contribution in [0.1, 0.15) is 6.92 Å². The van der Waals surface area contributed by atoms with E-state index in [9.17, 15) is 24.8 Å². The summed E-state index contributed by atoms with van der Waals surface area (Å²) < 4.78 is 0. The third kappa shape index (κ3) is 4.61. The number of carbonyl (C=O) groups excluding carboxylic acids is 2. The number of nitrogens with one attached hydrogen (secondary N) is 1. The molecule has 0 spiro atoms. The van der Waals surface area contributed by atoms with Crippen LogP contribution in [0.5, 0.6) is 5.75 Å². The van der Waals surface area contributed by atoms with Gasteiger partial charge in [0.05, 0.1) is 15.6 Å². The average molecular weight is 377 g/mol. The normalized spacial score (nSPS) is 11.9. The number of carbonyl (C=O) groups is 2. The molecular weight excluding hydrogens is 364 g/mol. The molecule has 1 amide bonds. The first kappa shape index (κ1) is 19.0. The van der Waals surface area contributed by atoms with Crippen molar-refractivity contribution in [2.24, 2.45) is 10.2 Å². The molecule has 2 aromatic carbocycles. The lowest BCUT2D eigenvalue weighted by molar-refractivity contribution is -0.384. The Balaban J connectivity index is 2.25. The van der Waals surface area contributed by atoms with Crippen molar-refractivity contribution < 1.29 is 19.6 Å². The molecule has 2 N–H and O–H groups in total. The molecule has 134 valence electrons. The Bertz CT molecular complexity index is 900. The van der Waals surface area contributed by atoms with Crippen LogP contribution in [0.2, 0.25) is 5.02 Å². The standard InChI is InChI=1S/C16H13ClN4O5/c1-9(22)15(16(24)18-12-5-3-2-4-11(12)17)20-19-13-8-10(21(25)26)6-7-14(13)23/h2-8,15,23H,1H3,(H,18,24). The second-order valence-corrected chi connectivity index (χ2v) is 5.54. The summed E-state index contributed by atoms with van der Waals surface area (Å²) in [5.74, 6) is -1.77. The first-order valence-corrected chi connectivity index (χ1v) is 7.61. The molecule has 0 radical (unpaired) electrons. The number of Topliss-reactive ketones (excluding diaryl/α,β-unsaturated/α-hetero) is 1. The molecule has 2 aromatic rings. The molecule has 0 aliphatic heterocycles. The van der Waals surface area contributed by atoms with Gasteiger partial charge < -0.3 is 10.4 Å². The highest BCUT2D eigenvalue weighted by atomic mass is 35.5. The first-order valence-electron chi connectivity index (χ1n) is 7.23. The maximum atomic E-state index is 12.3. The highest BCUT2D eigenvalue weighted by molar-refractivity contribution is 6.33. The van der Waals surface area contributed by atoms with Gasteiger partial charge in [0.2, 0.25) is 6.04 Å². The maximum Gasteiger partial charge on any atom is 0.271 e. The Morgan fingerprint density at radius 2 is 1.96 bits per heavy atom. The molecule has 0 aliphatic carbocycles. The summed E-state index contributed by atoms with van der Waals surface area (Å²) in [5, 5.41) is 30.4. The maximum absolute atomic E-state index is 12.3. The average Bonchev–Trinajstić information content (AvgIpc) is 2.58. The van der Waals surface area contributed by atoms with Crippen LogP contribution in [-0.2, 0) is 9.59 Å². The van der Waals surface area contributed by atoms with Crippen LogP contribution in [0, 0.1) is 10.1 Å². The number of non-ortho nitro benzene ring substituents is 1. The summed E-state index contributed by atoms with van der Waals surface area (Å²) in [4.78, 5) is 34.1. The predicted molar refractivity (Wildman–Crippen MR) is 93.8 cm³/mol. The summed E-state index contributed by atoms with van der Waals surface area (Å²) in [6, 6.07) is 8.04. The SMILES string of the molecule is CC(=O)C(N=Nc1cc([N+](=O)[O-])ccc1O)C(=O)Nc1ccccc1Cl. The van der Waals surface area contributed by atoms with Gasteiger partial charge in [0.25, 0.3) is 11.6 Å². The van der Waals surface area contributed by atoms with Gasteiger partial charge in [-0.25, -0.2) is 0 Å². The molecule has 1 unspecified atom stereocenters. The van der Waals surface area contributed by atoms with Crippen molar-refractivity contribution in [2.75, 3.05) is 5.32 Å². The first-order chi connectivity index (χ1) is 12.3. The fourth-order valence-corrected chi connectivity index (χ4v) is 2.09. The molecule has 0 aliphatic rings. The lowest BCUT2D eigenvalue weighted by Crippen LogP contribution is -2.31. The van der Waals surface area contributed by atoms with Crippen molar-refractivity contribution >= 4 is 40.4 Å². The summed E-state index contributed by atoms with van der Waals surface area (Å²) in [6.45, 7) is 1.14. The van der Waals surface area contributed by atoms with Crippen LogP contribution in [0.15, 0.2) is 52.7 Å². The number of nitrogens with zero attached hydrogens (tertiary/aromatic N) is 3. The van der Waals surface area contributed by atoms with Gasteiger partial charge >= 0.3 is 0 Å². The van der Waals surface area contributed by atoms with E-state index in [1.807, 2.05) is 0 Å². The van der Waals surface area contributed by atoms with E-state index in [1.54, 1.807) is 24.3 Å². The van der Waals surface area contributed by atoms with Crippen LogP contribution in [0.3, 0.4) is 0 Å². The number of rotatable bonds is 6. The fraction of sp³-hybridized carbons (Fsp3) is 0.125. The van der Waals surface area contributed by atoms with Gasteiger partial charge in [-0.1, -0.05) is 23.7 Å². The molecule has 0 fully saturated rings. The second kappa shape index (κ2) is 8.17. The minimum absolute atomic E-state index is 0.240. The molecule has 0 aromatic heterocycles. The summed E-state index contributed by atoms with van der Waals surface area (Å²) in [6.07, 6.45) is 0. The van der Waals surface area contributed by atoms with E-state index in [2.05, 4.69) is 15.5 Å². The zero-order chi connectivity index (χ0) is 19.3. The number of benzene rings is 2. The van der Waals surface area contributed by atoms with Crippen LogP contribution >= 0.6 is 11.6 Å². The van der Waals surface area contributed by atoms with E-state index in [-0.39, 0.29) is 22.1 Å². The summed E-state index contributed by atoms with van der Waals surface area (Å²) >= 11 is 5.94. The van der Waals surface area contributed by atoms with Crippen molar-refractivity contribution in [1.82, 2.24) is 0 Å². The van der Waals surface area contributed by atoms with Crippen molar-refractivity contribution in [2.45, 2.75) is 13.0 Å². The molecule has 1 atom stereocenters. The summed E-state index contributed by atoms with van der Waals surface area (Å²) in [7, 11) is 0. The molecule has 26 heavy (non-hydrogen) atoms. The Morgan fingerprint density at radius 1 is 1.27 bits per heavy atom. The van der Waals surface area contributed by atoms with Crippen molar-refractivity contribution in [3.05, 3.63) is 57.6 Å². The number of azo groups is 1. The van der Waals surface area contributed by atoms with E-state index in [4.69, 9.17) is 11.6 Å². The Kier molecular flexibility index (Phi) is 5.97. The molecule has 0 saturated carbocycles. The molecule has 2 rings (SSSR count). The molecule has 0 saturated heterocycles. The van der Waals surface area contributed by atoms with Crippen LogP contribution in [-0.4, -0.2) is 27.8 Å². The minimum atomic E-state index is -1.51. The third-order valence-corrected chi connectivity index (χ3v) is 3.55. The van der Waals surface area contributed by atoms with Crippen LogP contribution in [0.4, 0.5) is 17.1 Å². The van der Waals surface area contributed by atoms with E-state index in [0.29, 0.717) is 5.69 Å². The topological polar surface area (TPSA) is 134 Å². The number of phenolic OH excluding ortho intramolecular Hbond substituents is 1. The molecular formula is C16H13ClN4O5. The largest absolute Gasteiger partial charge is 0.506 e. The number of nitro groups is 1. The molecule has 9 nitrogen and oxygen atoms in total. The van der Waals surface area contributed by atoms with Gasteiger partial charge in [-0.15, -0.1) is 0 Å². The van der Waals surface area contributed by atoms with Gasteiger partial charge in [0.1, 0.15) is 11.4 Å². The summed E-state index contributed by atoms with van der Waals surface area (Å²) in [5.41, 5.74) is -0.272. The van der Waals surface area contributed by atoms with Gasteiger partial charge in [-0.05, 0) is 25.1 Å². The molecule has 10 heteroatoms. The number of ketones is 1. The van der Waals surface area contributed by atoms with Crippen molar-refractivity contribution in [1.29, 1.82) is 0 Å². The number of hydrogen-bond donors (Lipinski definition) is 2. The number of amides is 1. The highest BCUT2D eigenvalue weighted by Crippen LogP contribution is 2.31. The zero-order valence-corrected chi connectivity index (χ0v) is 14.2. The second-order valence-electron chi connectivity index (χ2n) is 5.13. The third-order valence-electron chi connectivity index (χ3n) is 3.22. The van der Waals surface area contributed by atoms with E-state index >= 15 is 0 Å². The van der Waals surface area contributed by atoms with Crippen LogP contribution in [0.25, 0.3) is 0 Å². The van der Waals surface area contributed by atoms with Gasteiger partial charge in [-0.2, -0.15) is 10.2 Å². The predicted octanol–water partition coefficient (Wildman–Crippen LogP) is 3.63. The minimum Gasteiger partial charge on any atom is -0.506 e. The van der Waals surface area contributed by atoms with Crippen LogP contribution < -0.4 is 5.32 Å². The molecule has 0 bridgehead atoms. The van der Waals surface area contributed by atoms with E-state index in [1.165, 1.54) is 0 Å². The number of nitro benzene ring substituents is 1. The Hall–Kier alpha value is -3.33. The smallest absolute Gasteiger partial charge is 0.271 e. The number of phenols is 1. The number of halogens is 1. The van der Waals surface area contributed by atoms with Gasteiger partial charge in [0.15, 0.2) is 5.78 Å². The van der Waals surface area contributed by atoms with Crippen molar-refractivity contribution in [3.8, 4) is 5.75 Å². The fourth-order valence-electron chi connectivity index (χ4n) is 1.91. The van der Waals surface area contributed by atoms with Crippen molar-refractivity contribution in [3.63, 3.8) is 0 Å².